The summed E-state index contributed by atoms with van der Waals surface area (Å²) < 4.78 is 31.3. The van der Waals surface area contributed by atoms with E-state index >= 15 is 0 Å². The summed E-state index contributed by atoms with van der Waals surface area (Å²) in [5, 5.41) is 2.73. The highest BCUT2D eigenvalue weighted by Crippen LogP contribution is 2.36. The van der Waals surface area contributed by atoms with Gasteiger partial charge in [-0.3, -0.25) is 9.10 Å². The molecule has 1 atom stereocenters. The lowest BCUT2D eigenvalue weighted by molar-refractivity contribution is -0.118. The van der Waals surface area contributed by atoms with Gasteiger partial charge in [-0.25, -0.2) is 8.42 Å². The Bertz CT molecular complexity index is 882. The number of para-hydroxylation sites is 1. The van der Waals surface area contributed by atoms with Gasteiger partial charge in [-0.15, -0.1) is 0 Å². The zero-order valence-electron chi connectivity index (χ0n) is 14.8. The van der Waals surface area contributed by atoms with Crippen molar-refractivity contribution in [1.29, 1.82) is 0 Å². The topological polar surface area (TPSA) is 75.7 Å². The summed E-state index contributed by atoms with van der Waals surface area (Å²) in [5.74, 6) is 0.137. The van der Waals surface area contributed by atoms with Crippen LogP contribution in [0.3, 0.4) is 0 Å². The van der Waals surface area contributed by atoms with Gasteiger partial charge >= 0.3 is 0 Å². The Labute approximate surface area is 153 Å². The second-order valence-electron chi connectivity index (χ2n) is 6.43. The molecule has 1 aliphatic rings. The molecule has 1 heterocycles. The molecule has 1 amide bonds. The molecule has 7 heteroatoms. The Morgan fingerprint density at radius 1 is 1.12 bits per heavy atom. The van der Waals surface area contributed by atoms with Gasteiger partial charge in [0.15, 0.2) is 4.75 Å². The fourth-order valence-corrected chi connectivity index (χ4v) is 5.03. The van der Waals surface area contributed by atoms with Crippen molar-refractivity contribution in [3.05, 3.63) is 54.6 Å². The van der Waals surface area contributed by atoms with Crippen LogP contribution in [0.15, 0.2) is 54.6 Å². The molecule has 0 saturated carbocycles. The number of hydrogen-bond donors (Lipinski definition) is 1. The third-order valence-corrected chi connectivity index (χ3v) is 7.25. The number of hydrogen-bond acceptors (Lipinski definition) is 4. The normalized spacial score (nSPS) is 21.8. The van der Waals surface area contributed by atoms with Crippen molar-refractivity contribution in [2.24, 2.45) is 0 Å². The Hall–Kier alpha value is -2.54. The molecule has 0 spiro atoms. The van der Waals surface area contributed by atoms with Crippen molar-refractivity contribution in [3.63, 3.8) is 0 Å². The van der Waals surface area contributed by atoms with Gasteiger partial charge in [-0.1, -0.05) is 18.2 Å². The second-order valence-corrected chi connectivity index (χ2v) is 8.72. The van der Waals surface area contributed by atoms with Crippen molar-refractivity contribution in [2.75, 3.05) is 23.3 Å². The van der Waals surface area contributed by atoms with E-state index in [1.54, 1.807) is 55.6 Å². The summed E-state index contributed by atoms with van der Waals surface area (Å²) in [6.07, 6.45) is 0.890. The average Bonchev–Trinajstić information content (AvgIpc) is 2.65. The molecule has 6 nitrogen and oxygen atoms in total. The van der Waals surface area contributed by atoms with Crippen LogP contribution in [0.1, 0.15) is 19.8 Å². The number of benzene rings is 2. The zero-order valence-corrected chi connectivity index (χ0v) is 15.6. The predicted molar refractivity (Wildman–Crippen MR) is 102 cm³/mol. The minimum Gasteiger partial charge on any atom is -0.497 e. The fraction of sp³-hybridized carbons (Fsp3) is 0.316. The number of ether oxygens (including phenoxy) is 1. The van der Waals surface area contributed by atoms with Crippen LogP contribution in [0.2, 0.25) is 0 Å². The molecule has 1 aliphatic heterocycles. The fourth-order valence-electron chi connectivity index (χ4n) is 3.08. The first-order valence-electron chi connectivity index (χ1n) is 8.41. The monoisotopic (exact) mass is 374 g/mol. The van der Waals surface area contributed by atoms with Crippen LogP contribution in [0.4, 0.5) is 11.4 Å². The lowest BCUT2D eigenvalue weighted by atomic mass is 10.0. The Kier molecular flexibility index (Phi) is 4.91. The van der Waals surface area contributed by atoms with Gasteiger partial charge in [0.2, 0.25) is 15.9 Å². The standard InChI is InChI=1S/C19H22N2O4S/c1-19(18(22)20-15-9-11-17(25-2)12-10-15)13-6-14-21(26(19,23)24)16-7-4-3-5-8-16/h3-5,7-12H,6,13-14H2,1-2H3,(H,20,22). The zero-order chi connectivity index (χ0) is 18.8. The van der Waals surface area contributed by atoms with Crippen molar-refractivity contribution in [1.82, 2.24) is 0 Å². The first-order chi connectivity index (χ1) is 12.4. The highest BCUT2D eigenvalue weighted by atomic mass is 32.2. The minimum absolute atomic E-state index is 0.278. The lowest BCUT2D eigenvalue weighted by Crippen LogP contribution is -2.57. The SMILES string of the molecule is COc1ccc(NC(=O)C2(C)CCCN(c3ccccc3)S2(=O)=O)cc1. The maximum atomic E-state index is 13.2. The van der Waals surface area contributed by atoms with Gasteiger partial charge in [0, 0.05) is 12.2 Å². The Morgan fingerprint density at radius 3 is 2.38 bits per heavy atom. The quantitative estimate of drug-likeness (QED) is 0.893. The number of anilines is 2. The number of nitrogens with one attached hydrogen (secondary N) is 1. The molecule has 0 aliphatic carbocycles. The Balaban J connectivity index is 1.87. The molecule has 1 N–H and O–H groups in total. The number of carbonyl (C=O) groups excluding carboxylic acids is 1. The maximum absolute atomic E-state index is 13.2. The molecular formula is C19H22N2O4S. The van der Waals surface area contributed by atoms with Crippen molar-refractivity contribution in [2.45, 2.75) is 24.5 Å². The number of methoxy groups -OCH3 is 1. The highest BCUT2D eigenvalue weighted by Gasteiger charge is 2.51. The summed E-state index contributed by atoms with van der Waals surface area (Å²) in [6.45, 7) is 1.87. The Morgan fingerprint density at radius 2 is 1.77 bits per heavy atom. The average molecular weight is 374 g/mol. The van der Waals surface area contributed by atoms with E-state index in [-0.39, 0.29) is 6.42 Å². The smallest absolute Gasteiger partial charge is 0.249 e. The molecular weight excluding hydrogens is 352 g/mol. The first-order valence-corrected chi connectivity index (χ1v) is 9.85. The van der Waals surface area contributed by atoms with Crippen molar-refractivity contribution in [3.8, 4) is 5.75 Å². The molecule has 26 heavy (non-hydrogen) atoms. The molecule has 1 unspecified atom stereocenters. The molecule has 0 aromatic heterocycles. The van der Waals surface area contributed by atoms with Crippen LogP contribution in [-0.4, -0.2) is 32.7 Å². The number of amides is 1. The van der Waals surface area contributed by atoms with Gasteiger partial charge in [0.25, 0.3) is 0 Å². The second kappa shape index (κ2) is 6.99. The van der Waals surface area contributed by atoms with Crippen LogP contribution < -0.4 is 14.4 Å². The predicted octanol–water partition coefficient (Wildman–Crippen LogP) is 3.02. The third-order valence-electron chi connectivity index (χ3n) is 4.75. The molecule has 2 aromatic rings. The highest BCUT2D eigenvalue weighted by molar-refractivity contribution is 7.95. The van der Waals surface area contributed by atoms with Crippen LogP contribution in [0.25, 0.3) is 0 Å². The largest absolute Gasteiger partial charge is 0.497 e. The molecule has 0 bridgehead atoms. The van der Waals surface area contributed by atoms with Gasteiger partial charge in [0.05, 0.1) is 12.8 Å². The van der Waals surface area contributed by atoms with E-state index in [0.29, 0.717) is 30.1 Å². The summed E-state index contributed by atoms with van der Waals surface area (Å²) in [6, 6.07) is 15.7. The van der Waals surface area contributed by atoms with E-state index in [1.807, 2.05) is 6.07 Å². The van der Waals surface area contributed by atoms with E-state index in [0.717, 1.165) is 0 Å². The lowest BCUT2D eigenvalue weighted by Gasteiger charge is -2.39. The summed E-state index contributed by atoms with van der Waals surface area (Å²) in [7, 11) is -2.30. The van der Waals surface area contributed by atoms with E-state index in [9.17, 15) is 13.2 Å². The van der Waals surface area contributed by atoms with Gasteiger partial charge in [0.1, 0.15) is 5.75 Å². The van der Waals surface area contributed by atoms with Crippen LogP contribution in [0.5, 0.6) is 5.75 Å². The van der Waals surface area contributed by atoms with Crippen molar-refractivity contribution < 1.29 is 17.9 Å². The molecule has 1 fully saturated rings. The summed E-state index contributed by atoms with van der Waals surface area (Å²) >= 11 is 0. The third kappa shape index (κ3) is 3.14. The summed E-state index contributed by atoms with van der Waals surface area (Å²) in [4.78, 5) is 12.9. The van der Waals surface area contributed by atoms with E-state index in [4.69, 9.17) is 4.74 Å². The van der Waals surface area contributed by atoms with Crippen LogP contribution in [0, 0.1) is 0 Å². The van der Waals surface area contributed by atoms with E-state index in [2.05, 4.69) is 5.32 Å². The van der Waals surface area contributed by atoms with Gasteiger partial charge in [-0.05, 0) is 56.2 Å². The van der Waals surface area contributed by atoms with Crippen LogP contribution >= 0.6 is 0 Å². The minimum atomic E-state index is -3.85. The van der Waals surface area contributed by atoms with Gasteiger partial charge in [-0.2, -0.15) is 0 Å². The number of sulfonamides is 1. The molecule has 1 saturated heterocycles. The first kappa shape index (κ1) is 18.3. The molecule has 138 valence electrons. The number of rotatable bonds is 4. The summed E-state index contributed by atoms with van der Waals surface area (Å²) in [5.41, 5.74) is 1.11. The van der Waals surface area contributed by atoms with Gasteiger partial charge < -0.3 is 10.1 Å². The van der Waals surface area contributed by atoms with Crippen LogP contribution in [-0.2, 0) is 14.8 Å². The maximum Gasteiger partial charge on any atom is 0.249 e. The molecule has 0 radical (unpaired) electrons. The van der Waals surface area contributed by atoms with E-state index < -0.39 is 20.7 Å². The molecule has 3 rings (SSSR count). The number of carbonyl (C=O) groups is 1. The number of nitrogens with zero attached hydrogens (tertiary/aromatic N) is 1. The van der Waals surface area contributed by atoms with Crippen molar-refractivity contribution >= 4 is 27.3 Å². The van der Waals surface area contributed by atoms with E-state index in [1.165, 1.54) is 11.2 Å². The molecule has 2 aromatic carbocycles.